The van der Waals surface area contributed by atoms with Gasteiger partial charge in [-0.1, -0.05) is 45.5 Å². The lowest BCUT2D eigenvalue weighted by Crippen LogP contribution is -2.64. The number of nitriles is 1. The molecule has 2 aliphatic heterocycles. The maximum absolute atomic E-state index is 11.9. The molecule has 1 unspecified atom stereocenters. The number of ether oxygens (including phenoxy) is 1. The molecule has 0 aliphatic carbocycles. The summed E-state index contributed by atoms with van der Waals surface area (Å²) in [6, 6.07) is 1.84. The quantitative estimate of drug-likeness (QED) is 0.623. The van der Waals surface area contributed by atoms with E-state index in [1.165, 1.54) is 7.11 Å². The number of anilines is 1. The van der Waals surface area contributed by atoms with Gasteiger partial charge in [0, 0.05) is 25.1 Å². The summed E-state index contributed by atoms with van der Waals surface area (Å²) in [5, 5.41) is 13.0. The molecule has 1 aromatic rings. The smallest absolute Gasteiger partial charge is 0.316 e. The Morgan fingerprint density at radius 3 is 2.58 bits per heavy atom. The first-order valence-corrected chi connectivity index (χ1v) is 8.67. The van der Waals surface area contributed by atoms with Gasteiger partial charge in [0.2, 0.25) is 0 Å². The Hall–Kier alpha value is -1.97. The van der Waals surface area contributed by atoms with E-state index in [4.69, 9.17) is 14.5 Å². The largest absolute Gasteiger partial charge is 0.468 e. The lowest BCUT2D eigenvalue weighted by molar-refractivity contribution is -0.144. The van der Waals surface area contributed by atoms with E-state index >= 15 is 0 Å². The number of nitrogens with zero attached hydrogens (tertiary/aromatic N) is 3. The molecule has 1 atom stereocenters. The molecule has 2 fully saturated rings. The molecule has 0 saturated carbocycles. The first-order chi connectivity index (χ1) is 11.5. The van der Waals surface area contributed by atoms with Crippen molar-refractivity contribution in [1.82, 2.24) is 5.16 Å². The van der Waals surface area contributed by atoms with Gasteiger partial charge in [-0.25, -0.2) is 5.26 Å². The Bertz CT molecular complexity index is 609. The molecule has 3 rings (SSSR count). The van der Waals surface area contributed by atoms with Gasteiger partial charge in [0.25, 0.3) is 6.71 Å². The molecular weight excluding hydrogens is 305 g/mol. The zero-order chi connectivity index (χ0) is 17.9. The molecule has 3 heterocycles. The van der Waals surface area contributed by atoms with Crippen molar-refractivity contribution in [2.75, 3.05) is 25.1 Å². The lowest BCUT2D eigenvalue weighted by Gasteiger charge is -2.57. The highest BCUT2D eigenvalue weighted by molar-refractivity contribution is 6.70. The zero-order valence-corrected chi connectivity index (χ0v) is 15.2. The van der Waals surface area contributed by atoms with Gasteiger partial charge in [-0.3, -0.25) is 4.79 Å². The van der Waals surface area contributed by atoms with Gasteiger partial charge >= 0.3 is 5.97 Å². The standard InChI is InChI=1S/C15H20BN3O3.C2H6/c1-10(2)13(14(20)21-3)11-4-12(18-22-11)19-7-15(8-19)5-16(6-15)9-17;1-2/h4,10,13H,5-8H2,1-3H3;1-2H3. The molecule has 0 radical (unpaired) electrons. The Morgan fingerprint density at radius 2 is 2.08 bits per heavy atom. The number of carbonyl (C=O) groups excluding carboxylic acids is 1. The van der Waals surface area contributed by atoms with E-state index in [2.05, 4.69) is 16.0 Å². The van der Waals surface area contributed by atoms with Gasteiger partial charge < -0.3 is 14.2 Å². The van der Waals surface area contributed by atoms with Crippen LogP contribution in [0.25, 0.3) is 0 Å². The highest BCUT2D eigenvalue weighted by Gasteiger charge is 2.54. The van der Waals surface area contributed by atoms with Crippen molar-refractivity contribution in [1.29, 1.82) is 5.26 Å². The van der Waals surface area contributed by atoms with E-state index in [-0.39, 0.29) is 18.6 Å². The SMILES string of the molecule is CC.COC(=O)C(c1cc(N2CC3(CB(C#N)C3)C2)no1)C(C)C. The van der Waals surface area contributed by atoms with Gasteiger partial charge in [-0.15, -0.1) is 0 Å². The Morgan fingerprint density at radius 1 is 1.46 bits per heavy atom. The van der Waals surface area contributed by atoms with Crippen molar-refractivity contribution in [2.24, 2.45) is 11.3 Å². The van der Waals surface area contributed by atoms with E-state index < -0.39 is 5.92 Å². The minimum Gasteiger partial charge on any atom is -0.468 e. The normalized spacial score (nSPS) is 18.9. The fourth-order valence-corrected chi connectivity index (χ4v) is 3.68. The van der Waals surface area contributed by atoms with Crippen molar-refractivity contribution >= 4 is 18.5 Å². The van der Waals surface area contributed by atoms with Crippen molar-refractivity contribution in [3.63, 3.8) is 0 Å². The molecule has 0 N–H and O–H groups in total. The van der Waals surface area contributed by atoms with E-state index in [0.29, 0.717) is 11.2 Å². The Balaban J connectivity index is 0.00000100. The van der Waals surface area contributed by atoms with Crippen LogP contribution in [0.1, 0.15) is 39.4 Å². The number of aromatic nitrogens is 1. The minimum atomic E-state index is -0.423. The van der Waals surface area contributed by atoms with Crippen molar-refractivity contribution in [3.8, 4) is 5.97 Å². The molecule has 2 saturated heterocycles. The van der Waals surface area contributed by atoms with Crippen LogP contribution in [-0.2, 0) is 9.53 Å². The summed E-state index contributed by atoms with van der Waals surface area (Å²) >= 11 is 0. The monoisotopic (exact) mass is 331 g/mol. The Kier molecular flexibility index (Phi) is 5.58. The molecule has 6 nitrogen and oxygen atoms in total. The lowest BCUT2D eigenvalue weighted by atomic mass is 9.26. The number of carbonyl (C=O) groups is 1. The molecule has 1 aromatic heterocycles. The van der Waals surface area contributed by atoms with Gasteiger partial charge in [-0.2, -0.15) is 0 Å². The van der Waals surface area contributed by atoms with Crippen LogP contribution in [0.5, 0.6) is 0 Å². The number of hydrogen-bond acceptors (Lipinski definition) is 6. The summed E-state index contributed by atoms with van der Waals surface area (Å²) in [4.78, 5) is 14.0. The molecule has 1 spiro atoms. The zero-order valence-electron chi connectivity index (χ0n) is 15.2. The first kappa shape index (κ1) is 18.4. The first-order valence-electron chi connectivity index (χ1n) is 8.67. The molecule has 0 bridgehead atoms. The molecule has 7 heteroatoms. The summed E-state index contributed by atoms with van der Waals surface area (Å²) in [6.07, 6.45) is 1.98. The number of rotatable bonds is 4. The van der Waals surface area contributed by atoms with Gasteiger partial charge in [0.1, 0.15) is 5.92 Å². The molecule has 2 aliphatic rings. The molecule has 130 valence electrons. The second kappa shape index (κ2) is 7.29. The third-order valence-corrected chi connectivity index (χ3v) is 4.86. The van der Waals surface area contributed by atoms with Gasteiger partial charge in [0.15, 0.2) is 11.6 Å². The third-order valence-electron chi connectivity index (χ3n) is 4.86. The van der Waals surface area contributed by atoms with Crippen LogP contribution >= 0.6 is 0 Å². The number of methoxy groups -OCH3 is 1. The van der Waals surface area contributed by atoms with Crippen LogP contribution in [0, 0.1) is 22.6 Å². The minimum absolute atomic E-state index is 0.0824. The third kappa shape index (κ3) is 3.28. The molecule has 24 heavy (non-hydrogen) atoms. The van der Waals surface area contributed by atoms with E-state index in [9.17, 15) is 4.79 Å². The van der Waals surface area contributed by atoms with Crippen LogP contribution in [-0.4, -0.2) is 38.0 Å². The van der Waals surface area contributed by atoms with Crippen LogP contribution in [0.2, 0.25) is 12.6 Å². The topological polar surface area (TPSA) is 79.4 Å². The predicted octanol–water partition coefficient (Wildman–Crippen LogP) is 2.99. The van der Waals surface area contributed by atoms with Gasteiger partial charge in [-0.05, 0) is 11.3 Å². The highest BCUT2D eigenvalue weighted by atomic mass is 16.5. The molecular formula is C17H26BN3O3. The van der Waals surface area contributed by atoms with E-state index in [0.717, 1.165) is 31.5 Å². The fourth-order valence-electron chi connectivity index (χ4n) is 3.68. The second-order valence-corrected chi connectivity index (χ2v) is 6.92. The van der Waals surface area contributed by atoms with Crippen LogP contribution in [0.4, 0.5) is 5.82 Å². The highest BCUT2D eigenvalue weighted by Crippen LogP contribution is 2.50. The summed E-state index contributed by atoms with van der Waals surface area (Å²) in [5.41, 5.74) is 0.305. The maximum atomic E-state index is 11.9. The summed E-state index contributed by atoms with van der Waals surface area (Å²) in [7, 11) is 1.39. The van der Waals surface area contributed by atoms with Crippen LogP contribution in [0.15, 0.2) is 10.6 Å². The summed E-state index contributed by atoms with van der Waals surface area (Å²) < 4.78 is 10.2. The van der Waals surface area contributed by atoms with Gasteiger partial charge in [0.05, 0.1) is 7.11 Å². The maximum Gasteiger partial charge on any atom is 0.316 e. The molecule has 0 aromatic carbocycles. The van der Waals surface area contributed by atoms with Crippen LogP contribution < -0.4 is 4.90 Å². The van der Waals surface area contributed by atoms with Crippen molar-refractivity contribution in [3.05, 3.63) is 11.8 Å². The summed E-state index contributed by atoms with van der Waals surface area (Å²) in [6.45, 7) is 9.97. The van der Waals surface area contributed by atoms with Crippen molar-refractivity contribution < 1.29 is 14.1 Å². The fraction of sp³-hybridized carbons (Fsp3) is 0.706. The van der Waals surface area contributed by atoms with Crippen molar-refractivity contribution in [2.45, 2.75) is 46.3 Å². The average Bonchev–Trinajstić information content (AvgIpc) is 2.95. The van der Waals surface area contributed by atoms with Crippen LogP contribution in [0.3, 0.4) is 0 Å². The second-order valence-electron chi connectivity index (χ2n) is 6.92. The summed E-state index contributed by atoms with van der Waals surface area (Å²) in [5.74, 6) is 3.02. The predicted molar refractivity (Wildman–Crippen MR) is 93.1 cm³/mol. The molecule has 0 amide bonds. The average molecular weight is 331 g/mol. The van der Waals surface area contributed by atoms with E-state index in [1.54, 1.807) is 0 Å². The number of hydrogen-bond donors (Lipinski definition) is 0. The Labute approximate surface area is 144 Å². The van der Waals surface area contributed by atoms with E-state index in [1.807, 2.05) is 33.8 Å². The number of esters is 1.